The zero-order chi connectivity index (χ0) is 19.7. The number of piperazine rings is 1. The minimum absolute atomic E-state index is 0.0717. The van der Waals surface area contributed by atoms with Gasteiger partial charge in [-0.05, 0) is 31.2 Å². The molecule has 3 heterocycles. The van der Waals surface area contributed by atoms with E-state index in [0.29, 0.717) is 44.0 Å². The standard InChI is InChI=1S/C20H25F2N5O/c1-25-6-8-27(9-7-25)20-23-18-3-5-26(4-2-17(18)19(28)24-20)13-14-10-15(21)12-16(22)11-14/h10-12H,2-9,13H2,1H3,(H,23,24,28). The van der Waals surface area contributed by atoms with Gasteiger partial charge in [-0.1, -0.05) is 0 Å². The normalized spacial score (nSPS) is 18.8. The molecule has 0 spiro atoms. The van der Waals surface area contributed by atoms with Crippen molar-refractivity contribution >= 4 is 5.95 Å². The number of hydrogen-bond acceptors (Lipinski definition) is 5. The van der Waals surface area contributed by atoms with Crippen LogP contribution in [0.15, 0.2) is 23.0 Å². The fourth-order valence-corrected chi connectivity index (χ4v) is 3.93. The number of hydrogen-bond donors (Lipinski definition) is 1. The van der Waals surface area contributed by atoms with E-state index in [4.69, 9.17) is 4.98 Å². The molecule has 0 atom stereocenters. The first kappa shape index (κ1) is 19.0. The number of nitrogens with zero attached hydrogens (tertiary/aromatic N) is 4. The molecule has 2 aliphatic heterocycles. The largest absolute Gasteiger partial charge is 0.340 e. The minimum atomic E-state index is -0.567. The average Bonchev–Trinajstić information content (AvgIpc) is 2.84. The Morgan fingerprint density at radius 1 is 1.00 bits per heavy atom. The molecule has 1 aromatic carbocycles. The van der Waals surface area contributed by atoms with Crippen LogP contribution in [0.2, 0.25) is 0 Å². The second-order valence-corrected chi connectivity index (χ2v) is 7.66. The topological polar surface area (TPSA) is 55.5 Å². The third-order valence-electron chi connectivity index (χ3n) is 5.56. The highest BCUT2D eigenvalue weighted by atomic mass is 19.1. The van der Waals surface area contributed by atoms with Gasteiger partial charge in [0.1, 0.15) is 11.6 Å². The molecule has 0 saturated carbocycles. The monoisotopic (exact) mass is 389 g/mol. The number of fused-ring (bicyclic) bond motifs is 1. The molecule has 28 heavy (non-hydrogen) atoms. The number of anilines is 1. The van der Waals surface area contributed by atoms with Gasteiger partial charge in [0.15, 0.2) is 0 Å². The second kappa shape index (κ2) is 7.97. The maximum Gasteiger partial charge on any atom is 0.255 e. The van der Waals surface area contributed by atoms with Crippen molar-refractivity contribution in [2.75, 3.05) is 51.2 Å². The first-order chi connectivity index (χ1) is 13.5. The van der Waals surface area contributed by atoms with Crippen molar-refractivity contribution in [3.05, 3.63) is 57.0 Å². The van der Waals surface area contributed by atoms with Gasteiger partial charge in [-0.15, -0.1) is 0 Å². The lowest BCUT2D eigenvalue weighted by atomic mass is 10.1. The van der Waals surface area contributed by atoms with Crippen LogP contribution in [0.3, 0.4) is 0 Å². The molecule has 4 rings (SSSR count). The van der Waals surface area contributed by atoms with E-state index < -0.39 is 11.6 Å². The van der Waals surface area contributed by atoms with Crippen LogP contribution >= 0.6 is 0 Å². The van der Waals surface area contributed by atoms with E-state index in [-0.39, 0.29) is 5.56 Å². The van der Waals surface area contributed by atoms with E-state index >= 15 is 0 Å². The van der Waals surface area contributed by atoms with E-state index in [1.54, 1.807) is 0 Å². The Kier molecular flexibility index (Phi) is 5.41. The SMILES string of the molecule is CN1CCN(c2nc3c(c(=O)[nH]2)CCN(Cc2cc(F)cc(F)c2)CC3)CC1. The Bertz CT molecular complexity index is 888. The molecule has 1 N–H and O–H groups in total. The van der Waals surface area contributed by atoms with Crippen molar-refractivity contribution in [2.24, 2.45) is 0 Å². The predicted molar refractivity (Wildman–Crippen MR) is 104 cm³/mol. The highest BCUT2D eigenvalue weighted by molar-refractivity contribution is 5.35. The summed E-state index contributed by atoms with van der Waals surface area (Å²) < 4.78 is 26.9. The lowest BCUT2D eigenvalue weighted by Crippen LogP contribution is -2.45. The fraction of sp³-hybridized carbons (Fsp3) is 0.500. The van der Waals surface area contributed by atoms with Crippen LogP contribution in [0.4, 0.5) is 14.7 Å². The van der Waals surface area contributed by atoms with Gasteiger partial charge in [0.05, 0.1) is 5.69 Å². The van der Waals surface area contributed by atoms with Crippen molar-refractivity contribution < 1.29 is 8.78 Å². The summed E-state index contributed by atoms with van der Waals surface area (Å²) in [6.45, 7) is 5.38. The predicted octanol–water partition coefficient (Wildman–Crippen LogP) is 1.40. The molecule has 1 saturated heterocycles. The Labute approximate surface area is 162 Å². The van der Waals surface area contributed by atoms with E-state index in [1.807, 2.05) is 0 Å². The van der Waals surface area contributed by atoms with Crippen molar-refractivity contribution in [3.8, 4) is 0 Å². The van der Waals surface area contributed by atoms with Gasteiger partial charge in [0.2, 0.25) is 5.95 Å². The van der Waals surface area contributed by atoms with E-state index in [1.165, 1.54) is 12.1 Å². The molecule has 0 aliphatic carbocycles. The molecule has 1 aromatic heterocycles. The maximum atomic E-state index is 13.5. The van der Waals surface area contributed by atoms with E-state index in [2.05, 4.69) is 26.7 Å². The summed E-state index contributed by atoms with van der Waals surface area (Å²) in [5, 5.41) is 0. The number of halogens is 2. The maximum absolute atomic E-state index is 13.5. The number of aromatic nitrogens is 2. The first-order valence-corrected chi connectivity index (χ1v) is 9.71. The number of nitrogens with one attached hydrogen (secondary N) is 1. The van der Waals surface area contributed by atoms with Gasteiger partial charge < -0.3 is 9.80 Å². The summed E-state index contributed by atoms with van der Waals surface area (Å²) >= 11 is 0. The smallest absolute Gasteiger partial charge is 0.255 e. The van der Waals surface area contributed by atoms with Crippen molar-refractivity contribution in [3.63, 3.8) is 0 Å². The summed E-state index contributed by atoms with van der Waals surface area (Å²) in [6.07, 6.45) is 1.23. The number of rotatable bonds is 3. The zero-order valence-electron chi connectivity index (χ0n) is 16.0. The molecule has 0 amide bonds. The van der Waals surface area contributed by atoms with Gasteiger partial charge in [0, 0.05) is 63.9 Å². The average molecular weight is 389 g/mol. The number of benzene rings is 1. The van der Waals surface area contributed by atoms with Gasteiger partial charge in [0.25, 0.3) is 5.56 Å². The van der Waals surface area contributed by atoms with Crippen LogP contribution in [0.25, 0.3) is 0 Å². The molecule has 0 bridgehead atoms. The van der Waals surface area contributed by atoms with Crippen LogP contribution in [-0.2, 0) is 19.4 Å². The molecular formula is C20H25F2N5O. The lowest BCUT2D eigenvalue weighted by Gasteiger charge is -2.32. The number of aromatic amines is 1. The van der Waals surface area contributed by atoms with Crippen molar-refractivity contribution in [1.82, 2.24) is 19.8 Å². The molecule has 6 nitrogen and oxygen atoms in total. The molecule has 2 aliphatic rings. The molecule has 0 radical (unpaired) electrons. The van der Waals surface area contributed by atoms with Crippen LogP contribution in [0.5, 0.6) is 0 Å². The quantitative estimate of drug-likeness (QED) is 0.860. The number of likely N-dealkylation sites (N-methyl/N-ethyl adjacent to an activating group) is 1. The summed E-state index contributed by atoms with van der Waals surface area (Å²) in [5.74, 6) is -0.483. The van der Waals surface area contributed by atoms with Gasteiger partial charge in [-0.25, -0.2) is 13.8 Å². The van der Waals surface area contributed by atoms with Gasteiger partial charge >= 0.3 is 0 Å². The van der Waals surface area contributed by atoms with Crippen molar-refractivity contribution in [2.45, 2.75) is 19.4 Å². The highest BCUT2D eigenvalue weighted by Crippen LogP contribution is 2.17. The van der Waals surface area contributed by atoms with Crippen molar-refractivity contribution in [1.29, 1.82) is 0 Å². The molecule has 1 fully saturated rings. The van der Waals surface area contributed by atoms with E-state index in [9.17, 15) is 13.6 Å². The van der Waals surface area contributed by atoms with Crippen LogP contribution < -0.4 is 10.5 Å². The second-order valence-electron chi connectivity index (χ2n) is 7.66. The Hall–Kier alpha value is -2.32. The fourth-order valence-electron chi connectivity index (χ4n) is 3.93. The third-order valence-corrected chi connectivity index (χ3v) is 5.56. The molecule has 150 valence electrons. The molecule has 8 heteroatoms. The summed E-state index contributed by atoms with van der Waals surface area (Å²) in [7, 11) is 2.09. The molecular weight excluding hydrogens is 364 g/mol. The summed E-state index contributed by atoms with van der Waals surface area (Å²) in [4.78, 5) is 26.9. The summed E-state index contributed by atoms with van der Waals surface area (Å²) in [6, 6.07) is 3.60. The first-order valence-electron chi connectivity index (χ1n) is 9.71. The lowest BCUT2D eigenvalue weighted by molar-refractivity contribution is 0.278. The molecule has 0 unspecified atom stereocenters. The Morgan fingerprint density at radius 3 is 2.39 bits per heavy atom. The Balaban J connectivity index is 1.49. The Morgan fingerprint density at radius 2 is 1.68 bits per heavy atom. The summed E-state index contributed by atoms with van der Waals surface area (Å²) in [5.41, 5.74) is 2.09. The number of H-pyrrole nitrogens is 1. The van der Waals surface area contributed by atoms with E-state index in [0.717, 1.165) is 43.5 Å². The van der Waals surface area contributed by atoms with Crippen LogP contribution in [0.1, 0.15) is 16.8 Å². The van der Waals surface area contributed by atoms with Crippen LogP contribution in [0, 0.1) is 11.6 Å². The third kappa shape index (κ3) is 4.23. The zero-order valence-corrected chi connectivity index (χ0v) is 16.0. The van der Waals surface area contributed by atoms with Gasteiger partial charge in [-0.3, -0.25) is 14.7 Å². The minimum Gasteiger partial charge on any atom is -0.340 e. The van der Waals surface area contributed by atoms with Crippen LogP contribution in [-0.4, -0.2) is 66.1 Å². The van der Waals surface area contributed by atoms with Gasteiger partial charge in [-0.2, -0.15) is 0 Å². The molecule has 2 aromatic rings. The highest BCUT2D eigenvalue weighted by Gasteiger charge is 2.22.